The number of piperazine rings is 1. The molecule has 1 aromatic carbocycles. The molecule has 150 valence electrons. The van der Waals surface area contributed by atoms with E-state index in [-0.39, 0.29) is 5.91 Å². The molecule has 2 aromatic rings. The third-order valence-corrected chi connectivity index (χ3v) is 4.69. The summed E-state index contributed by atoms with van der Waals surface area (Å²) in [7, 11) is 1.63. The Kier molecular flexibility index (Phi) is 7.02. The van der Waals surface area contributed by atoms with Gasteiger partial charge in [0.2, 0.25) is 5.95 Å². The molecule has 0 aliphatic carbocycles. The largest absolute Gasteiger partial charge is 0.497 e. The predicted octanol–water partition coefficient (Wildman–Crippen LogP) is 1.75. The van der Waals surface area contributed by atoms with E-state index in [1.165, 1.54) is 0 Å². The van der Waals surface area contributed by atoms with Crippen molar-refractivity contribution >= 4 is 11.9 Å². The van der Waals surface area contributed by atoms with Crippen molar-refractivity contribution in [2.24, 2.45) is 0 Å². The Labute approximate surface area is 165 Å². The van der Waals surface area contributed by atoms with E-state index in [9.17, 15) is 4.79 Å². The van der Waals surface area contributed by atoms with Crippen LogP contribution in [0.25, 0.3) is 0 Å². The predicted molar refractivity (Wildman–Crippen MR) is 107 cm³/mol. The zero-order valence-electron chi connectivity index (χ0n) is 16.4. The van der Waals surface area contributed by atoms with Crippen LogP contribution in [-0.4, -0.2) is 78.7 Å². The fourth-order valence-electron chi connectivity index (χ4n) is 3.00. The Morgan fingerprint density at radius 1 is 1.11 bits per heavy atom. The van der Waals surface area contributed by atoms with E-state index in [1.807, 2.05) is 29.2 Å². The van der Waals surface area contributed by atoms with Crippen molar-refractivity contribution in [3.63, 3.8) is 0 Å². The zero-order valence-corrected chi connectivity index (χ0v) is 16.4. The Hall–Kier alpha value is -2.87. The number of nitrogens with one attached hydrogen (secondary N) is 1. The lowest BCUT2D eigenvalue weighted by molar-refractivity contribution is 0.0637. The number of rotatable bonds is 8. The second kappa shape index (κ2) is 9.89. The molecule has 1 fully saturated rings. The number of anilines is 1. The smallest absolute Gasteiger partial charge is 0.272 e. The van der Waals surface area contributed by atoms with E-state index in [0.29, 0.717) is 24.8 Å². The Morgan fingerprint density at radius 3 is 2.50 bits per heavy atom. The van der Waals surface area contributed by atoms with Gasteiger partial charge in [0, 0.05) is 32.4 Å². The van der Waals surface area contributed by atoms with Crippen molar-refractivity contribution in [2.45, 2.75) is 6.92 Å². The first-order chi connectivity index (χ1) is 13.7. The average Bonchev–Trinajstić information content (AvgIpc) is 2.77. The summed E-state index contributed by atoms with van der Waals surface area (Å²) in [5, 5.41) is 3.10. The standard InChI is InChI=1S/C20H27N5O3/c1-3-24-11-13-25(14-12-24)19(26)18-8-9-21-20(23-18)22-10-15-28-17-6-4-16(27-2)5-7-17/h4-9H,3,10-15H2,1-2H3,(H,21,22,23). The van der Waals surface area contributed by atoms with Gasteiger partial charge in [0.25, 0.3) is 5.91 Å². The van der Waals surface area contributed by atoms with Gasteiger partial charge < -0.3 is 24.6 Å². The van der Waals surface area contributed by atoms with Crippen LogP contribution in [0.1, 0.15) is 17.4 Å². The highest BCUT2D eigenvalue weighted by Crippen LogP contribution is 2.16. The van der Waals surface area contributed by atoms with Crippen molar-refractivity contribution in [1.82, 2.24) is 19.8 Å². The third-order valence-electron chi connectivity index (χ3n) is 4.69. The van der Waals surface area contributed by atoms with Crippen LogP contribution in [0.2, 0.25) is 0 Å². The number of amides is 1. The molecule has 2 heterocycles. The zero-order chi connectivity index (χ0) is 19.8. The molecule has 1 amide bonds. The molecule has 0 unspecified atom stereocenters. The molecule has 1 N–H and O–H groups in total. The van der Waals surface area contributed by atoms with E-state index in [4.69, 9.17) is 9.47 Å². The van der Waals surface area contributed by atoms with Gasteiger partial charge in [-0.05, 0) is 36.9 Å². The van der Waals surface area contributed by atoms with Crippen LogP contribution in [0.5, 0.6) is 11.5 Å². The first kappa shape index (κ1) is 19.9. The van der Waals surface area contributed by atoms with Gasteiger partial charge in [0.1, 0.15) is 23.8 Å². The summed E-state index contributed by atoms with van der Waals surface area (Å²) in [6.45, 7) is 7.40. The van der Waals surface area contributed by atoms with E-state index >= 15 is 0 Å². The minimum Gasteiger partial charge on any atom is -0.497 e. The number of hydrogen-bond acceptors (Lipinski definition) is 7. The fourth-order valence-corrected chi connectivity index (χ4v) is 3.00. The molecular weight excluding hydrogens is 358 g/mol. The molecular formula is C20H27N5O3. The Bertz CT molecular complexity index is 761. The van der Waals surface area contributed by atoms with Gasteiger partial charge in [0.15, 0.2) is 0 Å². The van der Waals surface area contributed by atoms with Crippen molar-refractivity contribution in [3.05, 3.63) is 42.2 Å². The maximum absolute atomic E-state index is 12.7. The molecule has 1 aliphatic rings. The van der Waals surface area contributed by atoms with Gasteiger partial charge in [-0.15, -0.1) is 0 Å². The van der Waals surface area contributed by atoms with Crippen molar-refractivity contribution in [1.29, 1.82) is 0 Å². The maximum Gasteiger partial charge on any atom is 0.272 e. The number of nitrogens with zero attached hydrogens (tertiary/aromatic N) is 4. The summed E-state index contributed by atoms with van der Waals surface area (Å²) in [5.41, 5.74) is 0.415. The minimum atomic E-state index is -0.0457. The number of ether oxygens (including phenoxy) is 2. The molecule has 0 spiro atoms. The lowest BCUT2D eigenvalue weighted by Gasteiger charge is -2.33. The molecule has 0 saturated carbocycles. The number of likely N-dealkylation sites (N-methyl/N-ethyl adjacent to an activating group) is 1. The van der Waals surface area contributed by atoms with Crippen LogP contribution in [0.3, 0.4) is 0 Å². The molecule has 28 heavy (non-hydrogen) atoms. The second-order valence-corrected chi connectivity index (χ2v) is 6.44. The molecule has 8 heteroatoms. The lowest BCUT2D eigenvalue weighted by Crippen LogP contribution is -2.48. The van der Waals surface area contributed by atoms with E-state index in [2.05, 4.69) is 27.1 Å². The van der Waals surface area contributed by atoms with Crippen LogP contribution < -0.4 is 14.8 Å². The maximum atomic E-state index is 12.7. The van der Waals surface area contributed by atoms with E-state index in [0.717, 1.165) is 44.2 Å². The molecule has 8 nitrogen and oxygen atoms in total. The molecule has 1 saturated heterocycles. The highest BCUT2D eigenvalue weighted by molar-refractivity contribution is 5.92. The molecule has 0 atom stereocenters. The summed E-state index contributed by atoms with van der Waals surface area (Å²) < 4.78 is 10.8. The first-order valence-corrected chi connectivity index (χ1v) is 9.55. The SMILES string of the molecule is CCN1CCN(C(=O)c2ccnc(NCCOc3ccc(OC)cc3)n2)CC1. The number of methoxy groups -OCH3 is 1. The Morgan fingerprint density at radius 2 is 1.82 bits per heavy atom. The van der Waals surface area contributed by atoms with E-state index < -0.39 is 0 Å². The van der Waals surface area contributed by atoms with Crippen LogP contribution in [-0.2, 0) is 0 Å². The molecule has 0 bridgehead atoms. The highest BCUT2D eigenvalue weighted by atomic mass is 16.5. The van der Waals surface area contributed by atoms with Crippen molar-refractivity contribution in [2.75, 3.05) is 58.3 Å². The van der Waals surface area contributed by atoms with Gasteiger partial charge in [-0.2, -0.15) is 0 Å². The number of aromatic nitrogens is 2. The minimum absolute atomic E-state index is 0.0457. The quantitative estimate of drug-likeness (QED) is 0.694. The molecule has 1 aromatic heterocycles. The topological polar surface area (TPSA) is 79.8 Å². The summed E-state index contributed by atoms with van der Waals surface area (Å²) in [6, 6.07) is 9.07. The number of hydrogen-bond donors (Lipinski definition) is 1. The van der Waals surface area contributed by atoms with Crippen LogP contribution in [0, 0.1) is 0 Å². The van der Waals surface area contributed by atoms with Crippen LogP contribution in [0.15, 0.2) is 36.5 Å². The summed E-state index contributed by atoms with van der Waals surface area (Å²) in [6.07, 6.45) is 1.61. The normalized spacial score (nSPS) is 14.6. The van der Waals surface area contributed by atoms with Crippen LogP contribution in [0.4, 0.5) is 5.95 Å². The molecule has 0 radical (unpaired) electrons. The fraction of sp³-hybridized carbons (Fsp3) is 0.450. The monoisotopic (exact) mass is 385 g/mol. The summed E-state index contributed by atoms with van der Waals surface area (Å²) >= 11 is 0. The number of carbonyl (C=O) groups excluding carboxylic acids is 1. The molecule has 3 rings (SSSR count). The van der Waals surface area contributed by atoms with Gasteiger partial charge >= 0.3 is 0 Å². The van der Waals surface area contributed by atoms with Gasteiger partial charge in [-0.1, -0.05) is 6.92 Å². The lowest BCUT2D eigenvalue weighted by atomic mass is 10.2. The average molecular weight is 385 g/mol. The van der Waals surface area contributed by atoms with Gasteiger partial charge in [-0.3, -0.25) is 4.79 Å². The number of benzene rings is 1. The van der Waals surface area contributed by atoms with Crippen molar-refractivity contribution < 1.29 is 14.3 Å². The Balaban J connectivity index is 1.47. The molecule has 1 aliphatic heterocycles. The summed E-state index contributed by atoms with van der Waals surface area (Å²) in [4.78, 5) is 25.4. The first-order valence-electron chi connectivity index (χ1n) is 9.55. The highest BCUT2D eigenvalue weighted by Gasteiger charge is 2.22. The van der Waals surface area contributed by atoms with Gasteiger partial charge in [-0.25, -0.2) is 9.97 Å². The van der Waals surface area contributed by atoms with E-state index in [1.54, 1.807) is 19.4 Å². The third kappa shape index (κ3) is 5.32. The second-order valence-electron chi connectivity index (χ2n) is 6.44. The summed E-state index contributed by atoms with van der Waals surface area (Å²) in [5.74, 6) is 1.93. The van der Waals surface area contributed by atoms with Crippen molar-refractivity contribution in [3.8, 4) is 11.5 Å². The number of carbonyl (C=O) groups is 1. The van der Waals surface area contributed by atoms with Gasteiger partial charge in [0.05, 0.1) is 13.7 Å². The van der Waals surface area contributed by atoms with Crippen LogP contribution >= 0.6 is 0 Å².